The Hall–Kier alpha value is -2.29. The van der Waals surface area contributed by atoms with Crippen molar-refractivity contribution in [3.8, 4) is 6.07 Å². The molecule has 0 aliphatic rings. The zero-order valence-corrected chi connectivity index (χ0v) is 10.1. The van der Waals surface area contributed by atoms with E-state index in [4.69, 9.17) is 5.26 Å². The van der Waals surface area contributed by atoms with Crippen LogP contribution in [-0.4, -0.2) is 17.8 Å². The number of carbonyl (C=O) groups is 1. The summed E-state index contributed by atoms with van der Waals surface area (Å²) in [6, 6.07) is 2.00. The van der Waals surface area contributed by atoms with Gasteiger partial charge >= 0.3 is 0 Å². The predicted octanol–water partition coefficient (Wildman–Crippen LogP) is 1.89. The molecule has 0 aliphatic carbocycles. The number of aryl methyl sites for hydroxylation is 1. The van der Waals surface area contributed by atoms with Gasteiger partial charge in [-0.2, -0.15) is 5.26 Å². The van der Waals surface area contributed by atoms with Crippen molar-refractivity contribution in [2.45, 2.75) is 20.8 Å². The average Bonchev–Trinajstić information content (AvgIpc) is 2.27. The first-order chi connectivity index (χ1) is 7.93. The number of ketones is 1. The van der Waals surface area contributed by atoms with Crippen LogP contribution >= 0.6 is 0 Å². The van der Waals surface area contributed by atoms with Crippen LogP contribution in [0, 0.1) is 30.1 Å². The van der Waals surface area contributed by atoms with Gasteiger partial charge in [-0.3, -0.25) is 4.79 Å². The van der Waals surface area contributed by atoms with E-state index >= 15 is 0 Å². The largest absolute Gasteiger partial charge is 0.294 e. The maximum Gasteiger partial charge on any atom is 0.163 e. The lowest BCUT2D eigenvalue weighted by Crippen LogP contribution is -2.16. The number of anilines is 1. The minimum Gasteiger partial charge on any atom is -0.294 e. The summed E-state index contributed by atoms with van der Waals surface area (Å²) in [7, 11) is 1.41. The Morgan fingerprint density at radius 1 is 1.47 bits per heavy atom. The molecule has 0 atom stereocenters. The second-order valence-electron chi connectivity index (χ2n) is 3.67. The maximum absolute atomic E-state index is 11.6. The molecule has 1 aromatic rings. The number of nitriles is 1. The van der Waals surface area contributed by atoms with E-state index < -0.39 is 0 Å². The Kier molecular flexibility index (Phi) is 3.53. The van der Waals surface area contributed by atoms with Gasteiger partial charge in [0.1, 0.15) is 6.07 Å². The maximum atomic E-state index is 11.6. The van der Waals surface area contributed by atoms with Crippen molar-refractivity contribution >= 4 is 11.6 Å². The summed E-state index contributed by atoms with van der Waals surface area (Å²) < 4.78 is 0. The molecular weight excluding hydrogens is 220 g/mol. The molecule has 1 aromatic heterocycles. The highest BCUT2D eigenvalue weighted by Gasteiger charge is 2.20. The van der Waals surface area contributed by atoms with Gasteiger partial charge in [-0.25, -0.2) is 9.99 Å². The number of nitrogens with zero attached hydrogens (tertiary/aromatic N) is 4. The highest BCUT2D eigenvalue weighted by atomic mass is 16.3. The van der Waals surface area contributed by atoms with Crippen molar-refractivity contribution in [1.29, 1.82) is 5.26 Å². The van der Waals surface area contributed by atoms with Gasteiger partial charge in [-0.05, 0) is 26.3 Å². The van der Waals surface area contributed by atoms with Crippen LogP contribution < -0.4 is 5.01 Å². The number of carbonyl (C=O) groups excluding carboxylic acids is 1. The molecule has 0 aromatic carbocycles. The molecule has 0 fully saturated rings. The van der Waals surface area contributed by atoms with Crippen LogP contribution in [0.15, 0.2) is 5.29 Å². The summed E-state index contributed by atoms with van der Waals surface area (Å²) in [4.78, 5) is 26.2. The Morgan fingerprint density at radius 3 is 2.47 bits per heavy atom. The Balaban J connectivity index is 3.68. The third-order valence-corrected chi connectivity index (χ3v) is 2.50. The fourth-order valence-electron chi connectivity index (χ4n) is 1.69. The van der Waals surface area contributed by atoms with Crippen molar-refractivity contribution in [2.75, 3.05) is 12.1 Å². The molecule has 6 nitrogen and oxygen atoms in total. The summed E-state index contributed by atoms with van der Waals surface area (Å²) >= 11 is 0. The molecule has 0 unspecified atom stereocenters. The van der Waals surface area contributed by atoms with Crippen molar-refractivity contribution in [1.82, 2.24) is 4.98 Å². The number of Topliss-reactive ketones (excluding diaryl/α,β-unsaturated/α-hetero) is 1. The smallest absolute Gasteiger partial charge is 0.163 e. The summed E-state index contributed by atoms with van der Waals surface area (Å²) in [5.41, 5.74) is 1.62. The van der Waals surface area contributed by atoms with Crippen LogP contribution in [0.25, 0.3) is 0 Å². The number of pyridine rings is 1. The minimum absolute atomic E-state index is 0.182. The SMILES string of the molecule is CC(=O)c1c(N(C)N=O)nc(C)c(C#N)c1C. The summed E-state index contributed by atoms with van der Waals surface area (Å²) in [5.74, 6) is -0.0708. The molecule has 1 heterocycles. The summed E-state index contributed by atoms with van der Waals surface area (Å²) in [6.07, 6.45) is 0. The fourth-order valence-corrected chi connectivity index (χ4v) is 1.69. The predicted molar refractivity (Wildman–Crippen MR) is 62.6 cm³/mol. The molecular formula is C11H12N4O2. The van der Waals surface area contributed by atoms with Crippen molar-refractivity contribution < 1.29 is 4.79 Å². The first-order valence-corrected chi connectivity index (χ1v) is 4.93. The van der Waals surface area contributed by atoms with Gasteiger partial charge in [0.15, 0.2) is 11.6 Å². The van der Waals surface area contributed by atoms with E-state index in [0.29, 0.717) is 16.8 Å². The molecule has 0 saturated heterocycles. The molecule has 0 saturated carbocycles. The van der Waals surface area contributed by atoms with Gasteiger partial charge in [-0.1, -0.05) is 0 Å². The molecule has 1 rings (SSSR count). The highest BCUT2D eigenvalue weighted by molar-refractivity contribution is 6.00. The normalized spacial score (nSPS) is 9.59. The molecule has 88 valence electrons. The molecule has 17 heavy (non-hydrogen) atoms. The molecule has 6 heteroatoms. The molecule has 0 N–H and O–H groups in total. The number of rotatable bonds is 3. The monoisotopic (exact) mass is 232 g/mol. The Bertz CT molecular complexity index is 531. The third kappa shape index (κ3) is 2.13. The van der Waals surface area contributed by atoms with E-state index in [2.05, 4.69) is 10.3 Å². The Morgan fingerprint density at radius 2 is 2.06 bits per heavy atom. The van der Waals surface area contributed by atoms with Crippen molar-refractivity contribution in [3.05, 3.63) is 27.3 Å². The minimum atomic E-state index is -0.253. The first-order valence-electron chi connectivity index (χ1n) is 4.93. The zero-order chi connectivity index (χ0) is 13.2. The zero-order valence-electron chi connectivity index (χ0n) is 10.1. The second kappa shape index (κ2) is 4.70. The van der Waals surface area contributed by atoms with E-state index in [1.807, 2.05) is 6.07 Å². The van der Waals surface area contributed by atoms with Gasteiger partial charge in [0.25, 0.3) is 0 Å². The van der Waals surface area contributed by atoms with E-state index in [-0.39, 0.29) is 17.2 Å². The number of nitroso groups, excluding NO2 is 1. The van der Waals surface area contributed by atoms with Crippen LogP contribution in [-0.2, 0) is 0 Å². The lowest BCUT2D eigenvalue weighted by Gasteiger charge is -2.15. The third-order valence-electron chi connectivity index (χ3n) is 2.50. The van der Waals surface area contributed by atoms with Gasteiger partial charge in [-0.15, -0.1) is 4.91 Å². The van der Waals surface area contributed by atoms with Crippen LogP contribution in [0.4, 0.5) is 5.82 Å². The van der Waals surface area contributed by atoms with Crippen LogP contribution in [0.2, 0.25) is 0 Å². The van der Waals surface area contributed by atoms with Gasteiger partial charge in [0.2, 0.25) is 0 Å². The van der Waals surface area contributed by atoms with Crippen molar-refractivity contribution in [3.63, 3.8) is 0 Å². The number of hydrogen-bond acceptors (Lipinski definition) is 5. The van der Waals surface area contributed by atoms with Gasteiger partial charge in [0, 0.05) is 7.05 Å². The molecule has 0 spiro atoms. The summed E-state index contributed by atoms with van der Waals surface area (Å²) in [6.45, 7) is 4.67. The molecule has 0 aliphatic heterocycles. The van der Waals surface area contributed by atoms with E-state index in [1.165, 1.54) is 14.0 Å². The number of aromatic nitrogens is 1. The van der Waals surface area contributed by atoms with Crippen molar-refractivity contribution in [2.24, 2.45) is 5.29 Å². The Labute approximate surface area is 98.8 Å². The van der Waals surface area contributed by atoms with Crippen LogP contribution in [0.5, 0.6) is 0 Å². The quantitative estimate of drug-likeness (QED) is 0.451. The van der Waals surface area contributed by atoms with E-state index in [9.17, 15) is 9.70 Å². The first kappa shape index (κ1) is 12.8. The lowest BCUT2D eigenvalue weighted by molar-refractivity contribution is 0.101. The van der Waals surface area contributed by atoms with Crippen LogP contribution in [0.3, 0.4) is 0 Å². The molecule has 0 bridgehead atoms. The van der Waals surface area contributed by atoms with Gasteiger partial charge < -0.3 is 0 Å². The molecule has 0 amide bonds. The standard InChI is InChI=1S/C11H12N4O2/c1-6-9(5-12)7(2)13-11(15(4)14-17)10(6)8(3)16/h1-4H3. The highest BCUT2D eigenvalue weighted by Crippen LogP contribution is 2.25. The average molecular weight is 232 g/mol. The summed E-state index contributed by atoms with van der Waals surface area (Å²) in [5, 5.41) is 12.7. The number of hydrogen-bond donors (Lipinski definition) is 0. The lowest BCUT2D eigenvalue weighted by atomic mass is 10.00. The fraction of sp³-hybridized carbons (Fsp3) is 0.364. The van der Waals surface area contributed by atoms with Crippen LogP contribution in [0.1, 0.15) is 34.1 Å². The topological polar surface area (TPSA) is 86.4 Å². The van der Waals surface area contributed by atoms with E-state index in [0.717, 1.165) is 5.01 Å². The molecule has 0 radical (unpaired) electrons. The van der Waals surface area contributed by atoms with Gasteiger partial charge in [0.05, 0.1) is 22.1 Å². The second-order valence-corrected chi connectivity index (χ2v) is 3.67. The van der Waals surface area contributed by atoms with E-state index in [1.54, 1.807) is 13.8 Å².